The van der Waals surface area contributed by atoms with Crippen LogP contribution in [0.3, 0.4) is 0 Å². The predicted molar refractivity (Wildman–Crippen MR) is 116 cm³/mol. The van der Waals surface area contributed by atoms with Crippen molar-refractivity contribution in [3.05, 3.63) is 64.2 Å². The van der Waals surface area contributed by atoms with Gasteiger partial charge in [-0.25, -0.2) is 0 Å². The quantitative estimate of drug-likeness (QED) is 0.482. The molecule has 3 nitrogen and oxygen atoms in total. The van der Waals surface area contributed by atoms with E-state index in [1.165, 1.54) is 5.56 Å². The van der Waals surface area contributed by atoms with Gasteiger partial charge in [0.15, 0.2) is 5.78 Å². The van der Waals surface area contributed by atoms with Gasteiger partial charge in [-0.1, -0.05) is 24.1 Å². The van der Waals surface area contributed by atoms with Crippen LogP contribution < -0.4 is 4.90 Å². The molecule has 3 aromatic rings. The molecule has 3 rings (SSSR count). The van der Waals surface area contributed by atoms with Crippen LogP contribution in [0.25, 0.3) is 10.1 Å². The normalized spacial score (nSPS) is 11.0. The Balaban J connectivity index is 2.11. The summed E-state index contributed by atoms with van der Waals surface area (Å²) in [5.74, 6) is 2.72. The standard InChI is InChI=1S/C23H24N2OS/c1-7-16-8-11-19-20(13-16)27-23(25(5)6)21(19)22(26)17-9-10-18(14-24(3)4)15(2)12-17/h1,8-13H,14H2,2-6H3. The minimum atomic E-state index is 0.0536. The number of hydrogen-bond donors (Lipinski definition) is 0. The van der Waals surface area contributed by atoms with Crippen LogP contribution in [0.5, 0.6) is 0 Å². The zero-order valence-corrected chi connectivity index (χ0v) is 17.3. The molecular weight excluding hydrogens is 352 g/mol. The van der Waals surface area contributed by atoms with E-state index in [1.54, 1.807) is 11.3 Å². The van der Waals surface area contributed by atoms with Crippen molar-refractivity contribution >= 4 is 32.2 Å². The third-order valence-electron chi connectivity index (χ3n) is 4.56. The summed E-state index contributed by atoms with van der Waals surface area (Å²) in [6, 6.07) is 11.8. The molecule has 1 aromatic heterocycles. The Morgan fingerprint density at radius 2 is 1.85 bits per heavy atom. The molecule has 0 unspecified atom stereocenters. The van der Waals surface area contributed by atoms with Crippen LogP contribution in [-0.2, 0) is 6.54 Å². The molecular formula is C23H24N2OS. The first-order valence-corrected chi connectivity index (χ1v) is 9.63. The van der Waals surface area contributed by atoms with Crippen molar-refractivity contribution in [2.45, 2.75) is 13.5 Å². The zero-order chi connectivity index (χ0) is 19.7. The van der Waals surface area contributed by atoms with Gasteiger partial charge in [0.25, 0.3) is 0 Å². The summed E-state index contributed by atoms with van der Waals surface area (Å²) in [7, 11) is 8.03. The lowest BCUT2D eigenvalue weighted by Crippen LogP contribution is -2.14. The lowest BCUT2D eigenvalue weighted by Gasteiger charge is -2.15. The summed E-state index contributed by atoms with van der Waals surface area (Å²) in [5.41, 5.74) is 4.67. The number of carbonyl (C=O) groups is 1. The topological polar surface area (TPSA) is 23.6 Å². The van der Waals surface area contributed by atoms with Crippen molar-refractivity contribution in [3.63, 3.8) is 0 Å². The molecule has 0 fully saturated rings. The van der Waals surface area contributed by atoms with Gasteiger partial charge in [-0.2, -0.15) is 0 Å². The largest absolute Gasteiger partial charge is 0.369 e. The minimum Gasteiger partial charge on any atom is -0.369 e. The molecule has 0 saturated carbocycles. The molecule has 0 atom stereocenters. The van der Waals surface area contributed by atoms with E-state index in [0.29, 0.717) is 0 Å². The monoisotopic (exact) mass is 376 g/mol. The van der Waals surface area contributed by atoms with Crippen LogP contribution in [0, 0.1) is 19.3 Å². The smallest absolute Gasteiger partial charge is 0.196 e. The lowest BCUT2D eigenvalue weighted by atomic mass is 9.97. The minimum absolute atomic E-state index is 0.0536. The van der Waals surface area contributed by atoms with E-state index in [-0.39, 0.29) is 5.78 Å². The summed E-state index contributed by atoms with van der Waals surface area (Å²) in [6.45, 7) is 2.92. The van der Waals surface area contributed by atoms with Crippen LogP contribution in [0.1, 0.15) is 32.6 Å². The van der Waals surface area contributed by atoms with E-state index >= 15 is 0 Å². The van der Waals surface area contributed by atoms with Crippen molar-refractivity contribution in [2.24, 2.45) is 0 Å². The van der Waals surface area contributed by atoms with Crippen molar-refractivity contribution in [1.29, 1.82) is 0 Å². The molecule has 138 valence electrons. The zero-order valence-electron chi connectivity index (χ0n) is 16.5. The summed E-state index contributed by atoms with van der Waals surface area (Å²) >= 11 is 1.60. The molecule has 0 spiro atoms. The fourth-order valence-electron chi connectivity index (χ4n) is 3.21. The summed E-state index contributed by atoms with van der Waals surface area (Å²) in [5, 5.41) is 1.92. The Bertz CT molecular complexity index is 1050. The fourth-order valence-corrected chi connectivity index (χ4v) is 4.37. The number of anilines is 1. The van der Waals surface area contributed by atoms with E-state index in [0.717, 1.165) is 43.9 Å². The number of ketones is 1. The van der Waals surface area contributed by atoms with E-state index in [9.17, 15) is 4.79 Å². The van der Waals surface area contributed by atoms with E-state index < -0.39 is 0 Å². The molecule has 0 radical (unpaired) electrons. The van der Waals surface area contributed by atoms with Gasteiger partial charge in [0.2, 0.25) is 0 Å². The Labute approximate surface area is 165 Å². The van der Waals surface area contributed by atoms with Crippen molar-refractivity contribution in [2.75, 3.05) is 33.1 Å². The lowest BCUT2D eigenvalue weighted by molar-refractivity contribution is 0.104. The maximum absolute atomic E-state index is 13.4. The maximum Gasteiger partial charge on any atom is 0.196 e. The van der Waals surface area contributed by atoms with Crippen LogP contribution in [0.4, 0.5) is 5.00 Å². The number of carbonyl (C=O) groups excluding carboxylic acids is 1. The molecule has 4 heteroatoms. The highest BCUT2D eigenvalue weighted by Crippen LogP contribution is 2.39. The van der Waals surface area contributed by atoms with Crippen molar-refractivity contribution in [1.82, 2.24) is 4.90 Å². The molecule has 1 heterocycles. The number of thiophene rings is 1. The number of fused-ring (bicyclic) bond motifs is 1. The Morgan fingerprint density at radius 3 is 2.44 bits per heavy atom. The molecule has 27 heavy (non-hydrogen) atoms. The number of benzene rings is 2. The SMILES string of the molecule is C#Cc1ccc2c(C(=O)c3ccc(CN(C)C)c(C)c3)c(N(C)C)sc2c1. The highest BCUT2D eigenvalue weighted by Gasteiger charge is 2.22. The molecule has 0 N–H and O–H groups in total. The number of rotatable bonds is 5. The van der Waals surface area contributed by atoms with E-state index in [4.69, 9.17) is 6.42 Å². The second-order valence-electron chi connectivity index (χ2n) is 7.24. The second-order valence-corrected chi connectivity index (χ2v) is 8.27. The van der Waals surface area contributed by atoms with Gasteiger partial charge in [-0.3, -0.25) is 4.79 Å². The van der Waals surface area contributed by atoms with Crippen LogP contribution in [-0.4, -0.2) is 38.9 Å². The van der Waals surface area contributed by atoms with Gasteiger partial charge in [0.1, 0.15) is 5.00 Å². The number of hydrogen-bond acceptors (Lipinski definition) is 4. The maximum atomic E-state index is 13.4. The van der Waals surface area contributed by atoms with Crippen LogP contribution >= 0.6 is 11.3 Å². The molecule has 0 aliphatic rings. The van der Waals surface area contributed by atoms with Crippen molar-refractivity contribution < 1.29 is 4.79 Å². The molecule has 0 bridgehead atoms. The molecule has 0 saturated heterocycles. The van der Waals surface area contributed by atoms with Gasteiger partial charge in [-0.05, 0) is 50.3 Å². The number of nitrogens with zero attached hydrogens (tertiary/aromatic N) is 2. The number of aryl methyl sites for hydroxylation is 1. The van der Waals surface area contributed by atoms with E-state index in [2.05, 4.69) is 23.8 Å². The first kappa shape index (κ1) is 19.2. The van der Waals surface area contributed by atoms with Gasteiger partial charge < -0.3 is 9.80 Å². The van der Waals surface area contributed by atoms with Gasteiger partial charge in [-0.15, -0.1) is 17.8 Å². The molecule has 2 aromatic carbocycles. The highest BCUT2D eigenvalue weighted by atomic mass is 32.1. The molecule has 0 aliphatic heterocycles. The molecule has 0 aliphatic carbocycles. The van der Waals surface area contributed by atoms with Gasteiger partial charge >= 0.3 is 0 Å². The van der Waals surface area contributed by atoms with Crippen molar-refractivity contribution in [3.8, 4) is 12.3 Å². The first-order valence-electron chi connectivity index (χ1n) is 8.81. The van der Waals surface area contributed by atoms with Gasteiger partial charge in [0.05, 0.1) is 5.56 Å². The summed E-state index contributed by atoms with van der Waals surface area (Å²) in [6.07, 6.45) is 5.54. The Morgan fingerprint density at radius 1 is 1.11 bits per heavy atom. The highest BCUT2D eigenvalue weighted by molar-refractivity contribution is 7.23. The average molecular weight is 377 g/mol. The average Bonchev–Trinajstić information content (AvgIpc) is 3.01. The van der Waals surface area contributed by atoms with Gasteiger partial charge in [0, 0.05) is 41.9 Å². The fraction of sp³-hybridized carbons (Fsp3) is 0.261. The Hall–Kier alpha value is -2.61. The second kappa shape index (κ2) is 7.56. The first-order chi connectivity index (χ1) is 12.8. The van der Waals surface area contributed by atoms with E-state index in [1.807, 2.05) is 63.4 Å². The third-order valence-corrected chi connectivity index (χ3v) is 5.88. The molecule has 0 amide bonds. The third kappa shape index (κ3) is 3.75. The summed E-state index contributed by atoms with van der Waals surface area (Å²) < 4.78 is 1.04. The number of terminal acetylenes is 1. The Kier molecular flexibility index (Phi) is 5.36. The summed E-state index contributed by atoms with van der Waals surface area (Å²) in [4.78, 5) is 17.5. The predicted octanol–water partition coefficient (Wildman–Crippen LogP) is 4.55. The van der Waals surface area contributed by atoms with Crippen LogP contribution in [0.2, 0.25) is 0 Å². The van der Waals surface area contributed by atoms with Crippen LogP contribution in [0.15, 0.2) is 36.4 Å².